The van der Waals surface area contributed by atoms with Crippen molar-refractivity contribution in [2.75, 3.05) is 0 Å². The summed E-state index contributed by atoms with van der Waals surface area (Å²) in [5.74, 6) is -1.30. The summed E-state index contributed by atoms with van der Waals surface area (Å²) >= 11 is 0. The highest BCUT2D eigenvalue weighted by Crippen LogP contribution is 2.22. The molecule has 4 nitrogen and oxygen atoms in total. The molecule has 0 saturated carbocycles. The molecular weight excluding hydrogens is 230 g/mol. The predicted molar refractivity (Wildman–Crippen MR) is 67.4 cm³/mol. The number of hydrogen-bond donors (Lipinski definition) is 0. The van der Waals surface area contributed by atoms with Crippen LogP contribution in [0.1, 0.15) is 19.4 Å². The van der Waals surface area contributed by atoms with Crippen LogP contribution < -0.4 is 4.74 Å². The quantitative estimate of drug-likeness (QED) is 0.613. The van der Waals surface area contributed by atoms with Crippen LogP contribution in [0.2, 0.25) is 0 Å². The zero-order chi connectivity index (χ0) is 13.1. The average molecular weight is 243 g/mol. The van der Waals surface area contributed by atoms with Crippen LogP contribution in [0.5, 0.6) is 5.88 Å². The maximum atomic E-state index is 11.3. The van der Waals surface area contributed by atoms with Gasteiger partial charge in [0.1, 0.15) is 0 Å². The normalized spacial score (nSPS) is 10.3. The van der Waals surface area contributed by atoms with Crippen molar-refractivity contribution in [2.45, 2.75) is 20.3 Å². The van der Waals surface area contributed by atoms with Crippen molar-refractivity contribution in [1.29, 1.82) is 0 Å². The summed E-state index contributed by atoms with van der Waals surface area (Å²) in [5.41, 5.74) is 1.55. The van der Waals surface area contributed by atoms with Crippen LogP contribution in [-0.2, 0) is 16.0 Å². The molecule has 0 N–H and O–H groups in total. The van der Waals surface area contributed by atoms with Crippen molar-refractivity contribution >= 4 is 22.7 Å². The van der Waals surface area contributed by atoms with Crippen molar-refractivity contribution in [1.82, 2.24) is 4.98 Å². The molecule has 1 aromatic heterocycles. The second-order valence-electron chi connectivity index (χ2n) is 3.94. The van der Waals surface area contributed by atoms with Crippen LogP contribution in [0, 0.1) is 0 Å². The lowest BCUT2D eigenvalue weighted by Gasteiger charge is -2.08. The van der Waals surface area contributed by atoms with Crippen LogP contribution in [-0.4, -0.2) is 16.7 Å². The maximum absolute atomic E-state index is 11.3. The first-order chi connectivity index (χ1) is 8.61. The average Bonchev–Trinajstić information content (AvgIpc) is 2.37. The fraction of sp³-hybridized carbons (Fsp3) is 0.214. The number of para-hydroxylation sites is 1. The van der Waals surface area contributed by atoms with E-state index in [1.807, 2.05) is 37.3 Å². The molecule has 2 aromatic rings. The van der Waals surface area contributed by atoms with Crippen molar-refractivity contribution in [2.24, 2.45) is 0 Å². The third-order valence-electron chi connectivity index (χ3n) is 2.62. The molecule has 1 aromatic carbocycles. The number of Topliss-reactive ketones (excluding diaryl/α,β-unsaturated/α-hetero) is 1. The molecule has 0 saturated heterocycles. The third kappa shape index (κ3) is 2.37. The predicted octanol–water partition coefficient (Wildman–Crippen LogP) is 2.29. The monoisotopic (exact) mass is 243 g/mol. The summed E-state index contributed by atoms with van der Waals surface area (Å²) in [6.45, 7) is 3.12. The summed E-state index contributed by atoms with van der Waals surface area (Å²) in [5, 5.41) is 0.983. The van der Waals surface area contributed by atoms with Crippen molar-refractivity contribution < 1.29 is 14.3 Å². The number of fused-ring (bicyclic) bond motifs is 1. The van der Waals surface area contributed by atoms with Gasteiger partial charge in [-0.3, -0.25) is 4.79 Å². The second kappa shape index (κ2) is 4.96. The van der Waals surface area contributed by atoms with Gasteiger partial charge in [0.25, 0.3) is 0 Å². The molecule has 0 aliphatic heterocycles. The Balaban J connectivity index is 2.48. The highest BCUT2D eigenvalue weighted by Gasteiger charge is 2.14. The minimum Gasteiger partial charge on any atom is -0.401 e. The standard InChI is InChI=1S/C14H13NO3/c1-3-10-8-11-6-4-5-7-12(11)15-13(10)18-14(17)9(2)16/h4-8H,3H2,1-2H3. The van der Waals surface area contributed by atoms with Crippen molar-refractivity contribution in [3.63, 3.8) is 0 Å². The van der Waals surface area contributed by atoms with Crippen LogP contribution in [0.4, 0.5) is 0 Å². The molecule has 0 aliphatic carbocycles. The fourth-order valence-corrected chi connectivity index (χ4v) is 1.64. The number of ether oxygens (including phenoxy) is 1. The van der Waals surface area contributed by atoms with Gasteiger partial charge in [-0.1, -0.05) is 25.1 Å². The Labute approximate surface area is 105 Å². The number of ketones is 1. The summed E-state index contributed by atoms with van der Waals surface area (Å²) < 4.78 is 5.01. The minimum absolute atomic E-state index is 0.219. The number of carbonyl (C=O) groups is 2. The molecule has 0 radical (unpaired) electrons. The fourth-order valence-electron chi connectivity index (χ4n) is 1.64. The van der Waals surface area contributed by atoms with Gasteiger partial charge in [0.05, 0.1) is 5.52 Å². The number of carbonyl (C=O) groups excluding carboxylic acids is 2. The lowest BCUT2D eigenvalue weighted by Crippen LogP contribution is -2.18. The number of aryl methyl sites for hydroxylation is 1. The molecule has 0 aliphatic rings. The first-order valence-electron chi connectivity index (χ1n) is 5.73. The van der Waals surface area contributed by atoms with Crippen molar-refractivity contribution in [3.05, 3.63) is 35.9 Å². The van der Waals surface area contributed by atoms with E-state index in [4.69, 9.17) is 4.74 Å². The summed E-state index contributed by atoms with van der Waals surface area (Å²) in [6.07, 6.45) is 0.679. The molecule has 18 heavy (non-hydrogen) atoms. The van der Waals surface area contributed by atoms with E-state index in [1.54, 1.807) is 0 Å². The van der Waals surface area contributed by atoms with E-state index in [-0.39, 0.29) is 5.88 Å². The second-order valence-corrected chi connectivity index (χ2v) is 3.94. The van der Waals surface area contributed by atoms with E-state index in [0.29, 0.717) is 6.42 Å². The molecular formula is C14H13NO3. The molecule has 1 heterocycles. The molecule has 0 spiro atoms. The lowest BCUT2D eigenvalue weighted by molar-refractivity contribution is -0.146. The van der Waals surface area contributed by atoms with E-state index < -0.39 is 11.8 Å². The number of benzene rings is 1. The van der Waals surface area contributed by atoms with Crippen LogP contribution in [0.25, 0.3) is 10.9 Å². The summed E-state index contributed by atoms with van der Waals surface area (Å²) in [7, 11) is 0. The maximum Gasteiger partial charge on any atom is 0.381 e. The lowest BCUT2D eigenvalue weighted by atomic mass is 10.1. The van der Waals surface area contributed by atoms with E-state index >= 15 is 0 Å². The van der Waals surface area contributed by atoms with Gasteiger partial charge in [0.15, 0.2) is 0 Å². The topological polar surface area (TPSA) is 56.3 Å². The Hall–Kier alpha value is -2.23. The molecule has 0 fully saturated rings. The number of rotatable bonds is 3. The minimum atomic E-state index is -0.882. The number of pyridine rings is 1. The van der Waals surface area contributed by atoms with Gasteiger partial charge in [-0.25, -0.2) is 9.78 Å². The van der Waals surface area contributed by atoms with Crippen LogP contribution >= 0.6 is 0 Å². The largest absolute Gasteiger partial charge is 0.401 e. The van der Waals surface area contributed by atoms with Crippen molar-refractivity contribution in [3.8, 4) is 5.88 Å². The van der Waals surface area contributed by atoms with Gasteiger partial charge in [-0.2, -0.15) is 0 Å². The van der Waals surface area contributed by atoms with Gasteiger partial charge in [0, 0.05) is 17.9 Å². The number of nitrogens with zero attached hydrogens (tertiary/aromatic N) is 1. The SMILES string of the molecule is CCc1cc2ccccc2nc1OC(=O)C(C)=O. The summed E-state index contributed by atoms with van der Waals surface area (Å²) in [4.78, 5) is 26.5. The van der Waals surface area contributed by atoms with E-state index in [2.05, 4.69) is 4.98 Å². The Bertz CT molecular complexity index is 619. The van der Waals surface area contributed by atoms with E-state index in [0.717, 1.165) is 16.5 Å². The molecule has 0 atom stereocenters. The summed E-state index contributed by atoms with van der Waals surface area (Å²) in [6, 6.07) is 9.48. The zero-order valence-corrected chi connectivity index (χ0v) is 10.3. The van der Waals surface area contributed by atoms with Gasteiger partial charge in [-0.15, -0.1) is 0 Å². The highest BCUT2D eigenvalue weighted by molar-refractivity contribution is 6.33. The number of esters is 1. The molecule has 0 unspecified atom stereocenters. The van der Waals surface area contributed by atoms with Gasteiger partial charge < -0.3 is 4.74 Å². The van der Waals surface area contributed by atoms with Crippen LogP contribution in [0.15, 0.2) is 30.3 Å². The smallest absolute Gasteiger partial charge is 0.381 e. The van der Waals surface area contributed by atoms with Crippen LogP contribution in [0.3, 0.4) is 0 Å². The number of aromatic nitrogens is 1. The molecule has 2 rings (SSSR count). The first-order valence-corrected chi connectivity index (χ1v) is 5.73. The van der Waals surface area contributed by atoms with Gasteiger partial charge in [-0.05, 0) is 18.6 Å². The first kappa shape index (κ1) is 12.2. The molecule has 92 valence electrons. The van der Waals surface area contributed by atoms with E-state index in [1.165, 1.54) is 6.92 Å². The zero-order valence-electron chi connectivity index (χ0n) is 10.3. The Morgan fingerprint density at radius 1 is 1.28 bits per heavy atom. The number of hydrogen-bond acceptors (Lipinski definition) is 4. The molecule has 4 heteroatoms. The Kier molecular flexibility index (Phi) is 3.37. The van der Waals surface area contributed by atoms with Gasteiger partial charge >= 0.3 is 5.97 Å². The Morgan fingerprint density at radius 3 is 2.67 bits per heavy atom. The van der Waals surface area contributed by atoms with E-state index in [9.17, 15) is 9.59 Å². The molecule has 0 amide bonds. The highest BCUT2D eigenvalue weighted by atomic mass is 16.5. The molecule has 0 bridgehead atoms. The third-order valence-corrected chi connectivity index (χ3v) is 2.62. The van der Waals surface area contributed by atoms with Gasteiger partial charge in [0.2, 0.25) is 11.7 Å². The Morgan fingerprint density at radius 2 is 2.00 bits per heavy atom.